The third kappa shape index (κ3) is 2.41. The predicted molar refractivity (Wildman–Crippen MR) is 65.9 cm³/mol. The van der Waals surface area contributed by atoms with E-state index in [-0.39, 0.29) is 5.91 Å². The molecule has 2 rings (SSSR count). The van der Waals surface area contributed by atoms with Gasteiger partial charge in [0.05, 0.1) is 5.69 Å². The quantitative estimate of drug-likeness (QED) is 0.779. The molecule has 80 valence electrons. The highest BCUT2D eigenvalue weighted by Crippen LogP contribution is 2.19. The van der Waals surface area contributed by atoms with Crippen LogP contribution in [0.3, 0.4) is 0 Å². The summed E-state index contributed by atoms with van der Waals surface area (Å²) in [5, 5.41) is 2.78. The monoisotopic (exact) mass is 230 g/mol. The van der Waals surface area contributed by atoms with E-state index in [1.807, 2.05) is 18.2 Å². The lowest BCUT2D eigenvalue weighted by Gasteiger charge is -2.06. The van der Waals surface area contributed by atoms with Gasteiger partial charge in [-0.2, -0.15) is 0 Å². The van der Waals surface area contributed by atoms with Gasteiger partial charge in [-0.1, -0.05) is 12.1 Å². The lowest BCUT2D eigenvalue weighted by molar-refractivity contribution is 0.102. The van der Waals surface area contributed by atoms with Gasteiger partial charge in [0, 0.05) is 22.9 Å². The molecule has 1 amide bonds. The molecular weight excluding hydrogens is 220 g/mol. The molecule has 1 aromatic heterocycles. The van der Waals surface area contributed by atoms with E-state index in [1.165, 1.54) is 0 Å². The summed E-state index contributed by atoms with van der Waals surface area (Å²) in [5.74, 6) is -0.163. The fourth-order valence-electron chi connectivity index (χ4n) is 1.28. The maximum absolute atomic E-state index is 11.8. The number of carbonyl (C=O) groups is 1. The number of anilines is 1. The van der Waals surface area contributed by atoms with Crippen LogP contribution in [-0.4, -0.2) is 10.9 Å². The molecule has 0 spiro atoms. The minimum Gasteiger partial charge on any atom is -0.321 e. The number of thiol groups is 1. The topological polar surface area (TPSA) is 42.0 Å². The Morgan fingerprint density at radius 2 is 1.81 bits per heavy atom. The number of benzene rings is 1. The Kier molecular flexibility index (Phi) is 3.22. The van der Waals surface area contributed by atoms with Crippen LogP contribution in [0.5, 0.6) is 0 Å². The maximum Gasteiger partial charge on any atom is 0.255 e. The van der Waals surface area contributed by atoms with Gasteiger partial charge in [-0.3, -0.25) is 9.78 Å². The van der Waals surface area contributed by atoms with E-state index in [1.54, 1.807) is 30.6 Å². The molecule has 1 aromatic carbocycles. The second-order valence-corrected chi connectivity index (χ2v) is 3.69. The summed E-state index contributed by atoms with van der Waals surface area (Å²) in [4.78, 5) is 16.4. The molecule has 0 aliphatic heterocycles. The zero-order chi connectivity index (χ0) is 11.4. The number of para-hydroxylation sites is 1. The van der Waals surface area contributed by atoms with Crippen molar-refractivity contribution in [2.75, 3.05) is 5.32 Å². The second kappa shape index (κ2) is 4.81. The Morgan fingerprint density at radius 3 is 2.50 bits per heavy atom. The minimum atomic E-state index is -0.163. The van der Waals surface area contributed by atoms with Gasteiger partial charge in [0.15, 0.2) is 0 Å². The number of nitrogens with zero attached hydrogens (tertiary/aromatic N) is 1. The van der Waals surface area contributed by atoms with E-state index < -0.39 is 0 Å². The molecule has 0 unspecified atom stereocenters. The molecule has 0 atom stereocenters. The standard InChI is InChI=1S/C12H10N2OS/c15-12(9-5-7-13-8-6-9)14-10-3-1-2-4-11(10)16/h1-8,16H,(H,14,15). The Hall–Kier alpha value is -1.81. The van der Waals surface area contributed by atoms with Crippen LogP contribution >= 0.6 is 12.6 Å². The zero-order valence-corrected chi connectivity index (χ0v) is 9.32. The second-order valence-electron chi connectivity index (χ2n) is 3.21. The predicted octanol–water partition coefficient (Wildman–Crippen LogP) is 2.62. The number of aromatic nitrogens is 1. The van der Waals surface area contributed by atoms with Crippen LogP contribution in [0.25, 0.3) is 0 Å². The molecule has 0 aliphatic carbocycles. The van der Waals surface area contributed by atoms with Crippen LogP contribution in [0, 0.1) is 0 Å². The van der Waals surface area contributed by atoms with Crippen molar-refractivity contribution in [2.45, 2.75) is 4.90 Å². The summed E-state index contributed by atoms with van der Waals surface area (Å²) < 4.78 is 0. The molecule has 1 N–H and O–H groups in total. The Bertz CT molecular complexity index is 499. The van der Waals surface area contributed by atoms with E-state index in [2.05, 4.69) is 22.9 Å². The Labute approximate surface area is 98.9 Å². The SMILES string of the molecule is O=C(Nc1ccccc1S)c1ccncc1. The lowest BCUT2D eigenvalue weighted by atomic mass is 10.2. The van der Waals surface area contributed by atoms with Crippen LogP contribution in [0.4, 0.5) is 5.69 Å². The number of nitrogens with one attached hydrogen (secondary N) is 1. The highest BCUT2D eigenvalue weighted by atomic mass is 32.1. The zero-order valence-electron chi connectivity index (χ0n) is 8.42. The summed E-state index contributed by atoms with van der Waals surface area (Å²) in [6, 6.07) is 10.7. The molecule has 2 aromatic rings. The van der Waals surface area contributed by atoms with Crippen LogP contribution in [0.2, 0.25) is 0 Å². The third-order valence-corrected chi connectivity index (χ3v) is 2.48. The smallest absolute Gasteiger partial charge is 0.255 e. The van der Waals surface area contributed by atoms with Crippen molar-refractivity contribution in [1.29, 1.82) is 0 Å². The Balaban J connectivity index is 2.18. The van der Waals surface area contributed by atoms with Crippen molar-refractivity contribution in [3.05, 3.63) is 54.4 Å². The van der Waals surface area contributed by atoms with Gasteiger partial charge in [0.2, 0.25) is 0 Å². The molecule has 0 fully saturated rings. The van der Waals surface area contributed by atoms with E-state index >= 15 is 0 Å². The van der Waals surface area contributed by atoms with Crippen molar-refractivity contribution in [3.8, 4) is 0 Å². The third-order valence-electron chi connectivity index (χ3n) is 2.09. The van der Waals surface area contributed by atoms with Gasteiger partial charge in [0.25, 0.3) is 5.91 Å². The lowest BCUT2D eigenvalue weighted by Crippen LogP contribution is -2.12. The van der Waals surface area contributed by atoms with E-state index in [0.29, 0.717) is 11.3 Å². The van der Waals surface area contributed by atoms with Gasteiger partial charge in [-0.15, -0.1) is 12.6 Å². The minimum absolute atomic E-state index is 0.163. The number of hydrogen-bond acceptors (Lipinski definition) is 3. The molecule has 0 saturated carbocycles. The van der Waals surface area contributed by atoms with Crippen molar-refractivity contribution in [3.63, 3.8) is 0 Å². The summed E-state index contributed by atoms with van der Waals surface area (Å²) in [6.07, 6.45) is 3.17. The fraction of sp³-hybridized carbons (Fsp3) is 0. The molecule has 0 aliphatic rings. The van der Waals surface area contributed by atoms with E-state index in [4.69, 9.17) is 0 Å². The largest absolute Gasteiger partial charge is 0.321 e. The van der Waals surface area contributed by atoms with E-state index in [0.717, 1.165) is 4.90 Å². The highest BCUT2D eigenvalue weighted by Gasteiger charge is 2.06. The fourth-order valence-corrected chi connectivity index (χ4v) is 1.49. The normalized spacial score (nSPS) is 9.81. The number of rotatable bonds is 2. The number of amides is 1. The first-order chi connectivity index (χ1) is 7.77. The van der Waals surface area contributed by atoms with Gasteiger partial charge in [0.1, 0.15) is 0 Å². The van der Waals surface area contributed by atoms with Crippen molar-refractivity contribution in [2.24, 2.45) is 0 Å². The average Bonchev–Trinajstić information content (AvgIpc) is 2.33. The first-order valence-electron chi connectivity index (χ1n) is 4.77. The first-order valence-corrected chi connectivity index (χ1v) is 5.21. The number of carbonyl (C=O) groups excluding carboxylic acids is 1. The van der Waals surface area contributed by atoms with E-state index in [9.17, 15) is 4.79 Å². The highest BCUT2D eigenvalue weighted by molar-refractivity contribution is 7.80. The summed E-state index contributed by atoms with van der Waals surface area (Å²) >= 11 is 4.26. The van der Waals surface area contributed by atoms with Crippen molar-refractivity contribution in [1.82, 2.24) is 4.98 Å². The maximum atomic E-state index is 11.8. The molecule has 4 heteroatoms. The van der Waals surface area contributed by atoms with Crippen LogP contribution in [-0.2, 0) is 0 Å². The molecule has 1 heterocycles. The van der Waals surface area contributed by atoms with Crippen molar-refractivity contribution >= 4 is 24.2 Å². The molecule has 3 nitrogen and oxygen atoms in total. The summed E-state index contributed by atoms with van der Waals surface area (Å²) in [7, 11) is 0. The number of pyridine rings is 1. The van der Waals surface area contributed by atoms with Crippen LogP contribution < -0.4 is 5.32 Å². The van der Waals surface area contributed by atoms with Crippen LogP contribution in [0.15, 0.2) is 53.7 Å². The van der Waals surface area contributed by atoms with Gasteiger partial charge >= 0.3 is 0 Å². The molecule has 0 radical (unpaired) electrons. The molecule has 0 saturated heterocycles. The van der Waals surface area contributed by atoms with Gasteiger partial charge in [-0.05, 0) is 24.3 Å². The number of hydrogen-bond donors (Lipinski definition) is 2. The van der Waals surface area contributed by atoms with Gasteiger partial charge in [-0.25, -0.2) is 0 Å². The summed E-state index contributed by atoms with van der Waals surface area (Å²) in [5.41, 5.74) is 1.28. The van der Waals surface area contributed by atoms with Crippen LogP contribution in [0.1, 0.15) is 10.4 Å². The first kappa shape index (κ1) is 10.7. The van der Waals surface area contributed by atoms with Crippen molar-refractivity contribution < 1.29 is 4.79 Å². The summed E-state index contributed by atoms with van der Waals surface area (Å²) in [6.45, 7) is 0. The average molecular weight is 230 g/mol. The van der Waals surface area contributed by atoms with Gasteiger partial charge < -0.3 is 5.32 Å². The molecule has 0 bridgehead atoms. The molecular formula is C12H10N2OS. The molecule has 16 heavy (non-hydrogen) atoms. The Morgan fingerprint density at radius 1 is 1.12 bits per heavy atom.